The highest BCUT2D eigenvalue weighted by molar-refractivity contribution is 6.62. The van der Waals surface area contributed by atoms with E-state index in [0.717, 1.165) is 16.6 Å². The number of ether oxygens (including phenoxy) is 2. The van der Waals surface area contributed by atoms with Crippen molar-refractivity contribution in [2.45, 2.75) is 52.4 Å². The molecule has 0 atom stereocenters. The molecular formula is C22H26BClO5. The van der Waals surface area contributed by atoms with Gasteiger partial charge in [0.15, 0.2) is 6.29 Å². The first kappa shape index (κ1) is 21.7. The molecule has 1 fully saturated rings. The Labute approximate surface area is 177 Å². The van der Waals surface area contributed by atoms with Crippen LogP contribution in [-0.2, 0) is 15.9 Å². The van der Waals surface area contributed by atoms with Gasteiger partial charge in [0.05, 0.1) is 28.9 Å². The summed E-state index contributed by atoms with van der Waals surface area (Å²) in [6, 6.07) is 9.13. The predicted molar refractivity (Wildman–Crippen MR) is 115 cm³/mol. The Kier molecular flexibility index (Phi) is 5.99. The van der Waals surface area contributed by atoms with E-state index >= 15 is 0 Å². The van der Waals surface area contributed by atoms with Gasteiger partial charge in [-0.15, -0.1) is 0 Å². The molecule has 2 aromatic rings. The molecule has 1 heterocycles. The lowest BCUT2D eigenvalue weighted by molar-refractivity contribution is 0.00578. The van der Waals surface area contributed by atoms with Crippen molar-refractivity contribution < 1.29 is 23.6 Å². The van der Waals surface area contributed by atoms with Crippen LogP contribution in [0.3, 0.4) is 0 Å². The number of halogens is 1. The molecule has 3 rings (SSSR count). The summed E-state index contributed by atoms with van der Waals surface area (Å²) >= 11 is 6.26. The fraction of sp³-hybridized carbons (Fsp3) is 0.409. The van der Waals surface area contributed by atoms with E-state index in [9.17, 15) is 4.79 Å². The molecule has 5 nitrogen and oxygen atoms in total. The minimum absolute atomic E-state index is 0.308. The van der Waals surface area contributed by atoms with Gasteiger partial charge in [0.25, 0.3) is 0 Å². The van der Waals surface area contributed by atoms with Gasteiger partial charge in [-0.3, -0.25) is 4.79 Å². The molecule has 1 aliphatic rings. The number of benzene rings is 2. The highest BCUT2D eigenvalue weighted by atomic mass is 35.5. The maximum atomic E-state index is 11.1. The molecule has 0 aliphatic carbocycles. The smallest absolute Gasteiger partial charge is 0.495 e. The third-order valence-electron chi connectivity index (χ3n) is 5.79. The summed E-state index contributed by atoms with van der Waals surface area (Å²) in [5.74, 6) is 0.872. The SMILES string of the molecule is COc1cc(OCc2cccc(B3OC(C)(C)C(C)(C)O3)c2C)c(Cl)cc1C=O. The van der Waals surface area contributed by atoms with Crippen LogP contribution in [0.2, 0.25) is 5.02 Å². The van der Waals surface area contributed by atoms with E-state index in [4.69, 9.17) is 30.4 Å². The van der Waals surface area contributed by atoms with E-state index in [1.807, 2.05) is 52.8 Å². The van der Waals surface area contributed by atoms with Crippen molar-refractivity contribution in [2.75, 3.05) is 7.11 Å². The number of hydrogen-bond donors (Lipinski definition) is 0. The van der Waals surface area contributed by atoms with Crippen LogP contribution in [0.15, 0.2) is 30.3 Å². The van der Waals surface area contributed by atoms with Crippen molar-refractivity contribution in [1.29, 1.82) is 0 Å². The highest BCUT2D eigenvalue weighted by Crippen LogP contribution is 2.37. The van der Waals surface area contributed by atoms with Crippen LogP contribution in [0.1, 0.15) is 49.2 Å². The van der Waals surface area contributed by atoms with E-state index in [2.05, 4.69) is 0 Å². The van der Waals surface area contributed by atoms with Crippen LogP contribution in [0.5, 0.6) is 11.5 Å². The minimum Gasteiger partial charge on any atom is -0.496 e. The first-order valence-electron chi connectivity index (χ1n) is 9.49. The van der Waals surface area contributed by atoms with Crippen molar-refractivity contribution in [2.24, 2.45) is 0 Å². The molecule has 29 heavy (non-hydrogen) atoms. The first-order valence-corrected chi connectivity index (χ1v) is 9.87. The zero-order valence-electron chi connectivity index (χ0n) is 17.7. The van der Waals surface area contributed by atoms with E-state index in [1.54, 1.807) is 6.07 Å². The van der Waals surface area contributed by atoms with Gasteiger partial charge >= 0.3 is 7.12 Å². The summed E-state index contributed by atoms with van der Waals surface area (Å²) in [5.41, 5.74) is 2.58. The fourth-order valence-electron chi connectivity index (χ4n) is 3.17. The van der Waals surface area contributed by atoms with Crippen LogP contribution < -0.4 is 14.9 Å². The molecule has 0 bridgehead atoms. The van der Waals surface area contributed by atoms with E-state index in [1.165, 1.54) is 13.2 Å². The van der Waals surface area contributed by atoms with E-state index in [0.29, 0.717) is 35.0 Å². The van der Waals surface area contributed by atoms with Gasteiger partial charge in [-0.05, 0) is 57.3 Å². The van der Waals surface area contributed by atoms with E-state index in [-0.39, 0.29) is 0 Å². The molecule has 0 radical (unpaired) electrons. The predicted octanol–water partition coefficient (Wildman–Crippen LogP) is 4.35. The normalized spacial score (nSPS) is 17.3. The summed E-state index contributed by atoms with van der Waals surface area (Å²) < 4.78 is 23.5. The standard InChI is InChI=1S/C22H26BClO5/c1-14-15(13-27-20-11-19(26-6)16(12-25)10-18(20)24)8-7-9-17(14)23-28-21(2,3)22(4,5)29-23/h7-12H,13H2,1-6H3. The molecule has 154 valence electrons. The number of carbonyl (C=O) groups excluding carboxylic acids is 1. The number of methoxy groups -OCH3 is 1. The maximum absolute atomic E-state index is 11.1. The largest absolute Gasteiger partial charge is 0.496 e. The molecule has 0 amide bonds. The van der Waals surface area contributed by atoms with Crippen LogP contribution in [0.25, 0.3) is 0 Å². The average Bonchev–Trinajstić information content (AvgIpc) is 2.88. The van der Waals surface area contributed by atoms with Crippen molar-refractivity contribution in [3.63, 3.8) is 0 Å². The van der Waals surface area contributed by atoms with Gasteiger partial charge in [-0.25, -0.2) is 0 Å². The average molecular weight is 417 g/mol. The van der Waals surface area contributed by atoms with Gasteiger partial charge in [0.2, 0.25) is 0 Å². The van der Waals surface area contributed by atoms with Crippen molar-refractivity contribution in [3.8, 4) is 11.5 Å². The summed E-state index contributed by atoms with van der Waals surface area (Å²) in [6.07, 6.45) is 0.701. The van der Waals surface area contributed by atoms with Gasteiger partial charge in [-0.1, -0.05) is 29.8 Å². The molecular weight excluding hydrogens is 391 g/mol. The Bertz CT molecular complexity index is 910. The van der Waals surface area contributed by atoms with Crippen molar-refractivity contribution in [3.05, 3.63) is 52.0 Å². The molecule has 1 saturated heterocycles. The zero-order chi connectivity index (χ0) is 21.4. The second-order valence-corrected chi connectivity index (χ2v) is 8.56. The first-order chi connectivity index (χ1) is 13.6. The lowest BCUT2D eigenvalue weighted by atomic mass is 9.75. The molecule has 0 unspecified atom stereocenters. The van der Waals surface area contributed by atoms with Crippen LogP contribution in [0, 0.1) is 6.92 Å². The number of carbonyl (C=O) groups is 1. The second kappa shape index (κ2) is 8.02. The number of hydrogen-bond acceptors (Lipinski definition) is 5. The number of rotatable bonds is 6. The summed E-state index contributed by atoms with van der Waals surface area (Å²) in [7, 11) is 1.06. The summed E-state index contributed by atoms with van der Waals surface area (Å²) in [5, 5.41) is 0.354. The number of aldehydes is 1. The van der Waals surface area contributed by atoms with Crippen LogP contribution in [-0.4, -0.2) is 31.7 Å². The Balaban J connectivity index is 1.82. The highest BCUT2D eigenvalue weighted by Gasteiger charge is 2.52. The van der Waals surface area contributed by atoms with Gasteiger partial charge in [0.1, 0.15) is 18.1 Å². The maximum Gasteiger partial charge on any atom is 0.495 e. The summed E-state index contributed by atoms with van der Waals surface area (Å²) in [6.45, 7) is 10.5. The molecule has 7 heteroatoms. The van der Waals surface area contributed by atoms with Gasteiger partial charge < -0.3 is 18.8 Å². The molecule has 1 aliphatic heterocycles. The molecule has 0 saturated carbocycles. The van der Waals surface area contributed by atoms with Crippen LogP contribution in [0.4, 0.5) is 0 Å². The molecule has 2 aromatic carbocycles. The monoisotopic (exact) mass is 416 g/mol. The zero-order valence-corrected chi connectivity index (χ0v) is 18.4. The Morgan fingerprint density at radius 1 is 1.10 bits per heavy atom. The Morgan fingerprint density at radius 2 is 1.76 bits per heavy atom. The van der Waals surface area contributed by atoms with E-state index < -0.39 is 18.3 Å². The second-order valence-electron chi connectivity index (χ2n) is 8.15. The summed E-state index contributed by atoms with van der Waals surface area (Å²) in [4.78, 5) is 11.1. The van der Waals surface area contributed by atoms with Gasteiger partial charge in [0, 0.05) is 6.07 Å². The topological polar surface area (TPSA) is 54.0 Å². The molecule has 0 spiro atoms. The lowest BCUT2D eigenvalue weighted by Crippen LogP contribution is -2.41. The third kappa shape index (κ3) is 4.15. The Morgan fingerprint density at radius 3 is 2.34 bits per heavy atom. The quantitative estimate of drug-likeness (QED) is 0.518. The molecule has 0 N–H and O–H groups in total. The lowest BCUT2D eigenvalue weighted by Gasteiger charge is -2.32. The minimum atomic E-state index is -0.435. The fourth-order valence-corrected chi connectivity index (χ4v) is 3.40. The van der Waals surface area contributed by atoms with Crippen molar-refractivity contribution in [1.82, 2.24) is 0 Å². The van der Waals surface area contributed by atoms with Crippen molar-refractivity contribution >= 4 is 30.5 Å². The van der Waals surface area contributed by atoms with Crippen LogP contribution >= 0.6 is 11.6 Å². The van der Waals surface area contributed by atoms with Gasteiger partial charge in [-0.2, -0.15) is 0 Å². The Hall–Kier alpha value is -2.02. The third-order valence-corrected chi connectivity index (χ3v) is 6.08. The molecule has 0 aromatic heterocycles.